The van der Waals surface area contributed by atoms with Crippen molar-refractivity contribution < 1.29 is 19.1 Å². The van der Waals surface area contributed by atoms with Crippen molar-refractivity contribution in [1.29, 1.82) is 5.26 Å². The van der Waals surface area contributed by atoms with Crippen molar-refractivity contribution in [2.24, 2.45) is 5.92 Å². The van der Waals surface area contributed by atoms with E-state index in [1.165, 1.54) is 6.07 Å². The van der Waals surface area contributed by atoms with Gasteiger partial charge in [-0.3, -0.25) is 14.5 Å². The van der Waals surface area contributed by atoms with Gasteiger partial charge in [0.2, 0.25) is 5.91 Å². The number of ether oxygens (including phenoxy) is 1. The Balaban J connectivity index is 1.69. The molecule has 0 bridgehead atoms. The molecule has 1 aromatic carbocycles. The lowest BCUT2D eigenvalue weighted by molar-refractivity contribution is -0.135. The van der Waals surface area contributed by atoms with Crippen molar-refractivity contribution in [3.05, 3.63) is 23.8 Å². The van der Waals surface area contributed by atoms with E-state index in [4.69, 9.17) is 10.00 Å². The Bertz CT molecular complexity index is 853. The first-order chi connectivity index (χ1) is 13.9. The van der Waals surface area contributed by atoms with Crippen LogP contribution in [0, 0.1) is 17.2 Å². The van der Waals surface area contributed by atoms with Crippen molar-refractivity contribution >= 4 is 23.5 Å². The van der Waals surface area contributed by atoms with Crippen LogP contribution in [-0.4, -0.2) is 41.4 Å². The average Bonchev–Trinajstić information content (AvgIpc) is 2.94. The van der Waals surface area contributed by atoms with Crippen molar-refractivity contribution in [3.63, 3.8) is 0 Å². The Kier molecular flexibility index (Phi) is 6.06. The second-order valence-corrected chi connectivity index (χ2v) is 7.56. The zero-order valence-corrected chi connectivity index (χ0v) is 16.8. The Hall–Kier alpha value is -3.08. The summed E-state index contributed by atoms with van der Waals surface area (Å²) in [6.45, 7) is 3.95. The molecule has 0 radical (unpaired) electrons. The first-order valence-corrected chi connectivity index (χ1v) is 10.0. The van der Waals surface area contributed by atoms with Gasteiger partial charge in [-0.2, -0.15) is 5.26 Å². The third-order valence-electron chi connectivity index (χ3n) is 5.77. The number of nitrogens with zero attached hydrogens (tertiary/aromatic N) is 2. The Morgan fingerprint density at radius 1 is 1.34 bits per heavy atom. The third kappa shape index (κ3) is 4.19. The van der Waals surface area contributed by atoms with Crippen LogP contribution in [-0.2, 0) is 9.59 Å². The normalized spacial score (nSPS) is 23.6. The maximum Gasteiger partial charge on any atom is 0.325 e. The van der Waals surface area contributed by atoms with Crippen LogP contribution in [0.5, 0.6) is 5.75 Å². The molecule has 1 spiro atoms. The minimum atomic E-state index is -0.875. The number of hydrogen-bond donors (Lipinski definition) is 2. The van der Waals surface area contributed by atoms with Gasteiger partial charge in [-0.25, -0.2) is 4.79 Å². The average molecular weight is 398 g/mol. The van der Waals surface area contributed by atoms with Gasteiger partial charge in [0.1, 0.15) is 17.8 Å². The molecule has 2 aliphatic rings. The second kappa shape index (κ2) is 8.52. The van der Waals surface area contributed by atoms with Gasteiger partial charge in [0, 0.05) is 0 Å². The highest BCUT2D eigenvalue weighted by atomic mass is 16.5. The molecule has 0 unspecified atom stereocenters. The predicted octanol–water partition coefficient (Wildman–Crippen LogP) is 2.79. The van der Waals surface area contributed by atoms with Crippen LogP contribution < -0.4 is 15.4 Å². The summed E-state index contributed by atoms with van der Waals surface area (Å²) in [6.07, 6.45) is 4.05. The molecule has 1 heterocycles. The summed E-state index contributed by atoms with van der Waals surface area (Å²) < 4.78 is 5.48. The summed E-state index contributed by atoms with van der Waals surface area (Å²) in [7, 11) is 0. The molecule has 0 aromatic heterocycles. The molecule has 1 aliphatic carbocycles. The smallest absolute Gasteiger partial charge is 0.325 e. The number of carbonyl (C=O) groups is 3. The van der Waals surface area contributed by atoms with Crippen LogP contribution >= 0.6 is 0 Å². The van der Waals surface area contributed by atoms with E-state index in [2.05, 4.69) is 17.6 Å². The topological polar surface area (TPSA) is 112 Å². The molecule has 29 heavy (non-hydrogen) atoms. The maximum absolute atomic E-state index is 12.9. The molecule has 2 N–H and O–H groups in total. The number of nitrogens with one attached hydrogen (secondary N) is 2. The van der Waals surface area contributed by atoms with Crippen LogP contribution in [0.2, 0.25) is 0 Å². The molecular weight excluding hydrogens is 372 g/mol. The van der Waals surface area contributed by atoms with Gasteiger partial charge in [-0.05, 0) is 56.7 Å². The number of benzene rings is 1. The molecule has 8 nitrogen and oxygen atoms in total. The summed E-state index contributed by atoms with van der Waals surface area (Å²) in [5.41, 5.74) is -0.174. The Morgan fingerprint density at radius 2 is 2.07 bits per heavy atom. The first-order valence-electron chi connectivity index (χ1n) is 10.0. The van der Waals surface area contributed by atoms with Gasteiger partial charge >= 0.3 is 6.03 Å². The predicted molar refractivity (Wildman–Crippen MR) is 106 cm³/mol. The van der Waals surface area contributed by atoms with E-state index in [1.54, 1.807) is 12.1 Å². The summed E-state index contributed by atoms with van der Waals surface area (Å²) in [5, 5.41) is 14.6. The standard InChI is InChI=1S/C21H26N4O4/c1-3-14-7-9-21(10-8-14)19(27)25(20(28)24-21)13-18(26)23-16-11-15(12-22)5-6-17(16)29-4-2/h5-6,11,14H,3-4,7-10,13H2,1-2H3,(H,23,26)(H,24,28). The van der Waals surface area contributed by atoms with Crippen LogP contribution in [0.3, 0.4) is 0 Å². The van der Waals surface area contributed by atoms with Crippen molar-refractivity contribution in [1.82, 2.24) is 10.2 Å². The Labute approximate surface area is 170 Å². The molecule has 1 saturated heterocycles. The zero-order chi connectivity index (χ0) is 21.0. The van der Waals surface area contributed by atoms with Crippen LogP contribution in [0.25, 0.3) is 0 Å². The fourth-order valence-electron chi connectivity index (χ4n) is 4.05. The summed E-state index contributed by atoms with van der Waals surface area (Å²) >= 11 is 0. The van der Waals surface area contributed by atoms with E-state index in [0.717, 1.165) is 24.2 Å². The highest BCUT2D eigenvalue weighted by Crippen LogP contribution is 2.37. The van der Waals surface area contributed by atoms with E-state index >= 15 is 0 Å². The lowest BCUT2D eigenvalue weighted by atomic mass is 9.75. The third-order valence-corrected chi connectivity index (χ3v) is 5.77. The van der Waals surface area contributed by atoms with Crippen molar-refractivity contribution in [3.8, 4) is 11.8 Å². The molecule has 4 amide bonds. The number of amides is 4. The molecule has 1 saturated carbocycles. The largest absolute Gasteiger partial charge is 0.492 e. The first kappa shape index (κ1) is 20.6. The molecule has 1 aromatic rings. The van der Waals surface area contributed by atoms with E-state index in [0.29, 0.717) is 42.4 Å². The molecule has 0 atom stereocenters. The number of imide groups is 1. The van der Waals surface area contributed by atoms with E-state index < -0.39 is 17.5 Å². The second-order valence-electron chi connectivity index (χ2n) is 7.56. The van der Waals surface area contributed by atoms with E-state index in [9.17, 15) is 14.4 Å². The number of carbonyl (C=O) groups excluding carboxylic acids is 3. The van der Waals surface area contributed by atoms with E-state index in [1.807, 2.05) is 13.0 Å². The number of nitriles is 1. The molecule has 154 valence electrons. The molecule has 3 rings (SSSR count). The van der Waals surface area contributed by atoms with Gasteiger partial charge in [0.25, 0.3) is 5.91 Å². The minimum absolute atomic E-state index is 0.331. The molecule has 8 heteroatoms. The van der Waals surface area contributed by atoms with Crippen LogP contribution in [0.4, 0.5) is 10.5 Å². The van der Waals surface area contributed by atoms with Gasteiger partial charge < -0.3 is 15.4 Å². The van der Waals surface area contributed by atoms with Crippen LogP contribution in [0.15, 0.2) is 18.2 Å². The Morgan fingerprint density at radius 3 is 2.69 bits per heavy atom. The number of rotatable bonds is 6. The van der Waals surface area contributed by atoms with Crippen molar-refractivity contribution in [2.75, 3.05) is 18.5 Å². The molecular formula is C21H26N4O4. The quantitative estimate of drug-likeness (QED) is 0.716. The minimum Gasteiger partial charge on any atom is -0.492 e. The van der Waals surface area contributed by atoms with Crippen LogP contribution in [0.1, 0.15) is 51.5 Å². The maximum atomic E-state index is 12.9. The molecule has 2 fully saturated rings. The van der Waals surface area contributed by atoms with Gasteiger partial charge in [0.15, 0.2) is 0 Å². The van der Waals surface area contributed by atoms with E-state index in [-0.39, 0.29) is 12.5 Å². The number of hydrogen-bond acceptors (Lipinski definition) is 5. The summed E-state index contributed by atoms with van der Waals surface area (Å²) in [5.74, 6) is 0.144. The highest BCUT2D eigenvalue weighted by molar-refractivity contribution is 6.10. The van der Waals surface area contributed by atoms with Crippen molar-refractivity contribution in [2.45, 2.75) is 51.5 Å². The van der Waals surface area contributed by atoms with Gasteiger partial charge in [-0.1, -0.05) is 13.3 Å². The lowest BCUT2D eigenvalue weighted by Gasteiger charge is -2.34. The number of urea groups is 1. The summed E-state index contributed by atoms with van der Waals surface area (Å²) in [4.78, 5) is 38.9. The summed E-state index contributed by atoms with van der Waals surface area (Å²) in [6, 6.07) is 6.17. The fraction of sp³-hybridized carbons (Fsp3) is 0.524. The monoisotopic (exact) mass is 398 g/mol. The fourth-order valence-corrected chi connectivity index (χ4v) is 4.05. The number of anilines is 1. The zero-order valence-electron chi connectivity index (χ0n) is 16.8. The SMILES string of the molecule is CCOc1ccc(C#N)cc1NC(=O)CN1C(=O)NC2(CCC(CC)CC2)C1=O. The lowest BCUT2D eigenvalue weighted by Crippen LogP contribution is -2.49. The molecule has 1 aliphatic heterocycles. The highest BCUT2D eigenvalue weighted by Gasteiger charge is 2.52. The van der Waals surface area contributed by atoms with Gasteiger partial charge in [0.05, 0.1) is 23.9 Å². The van der Waals surface area contributed by atoms with Gasteiger partial charge in [-0.15, -0.1) is 0 Å².